The van der Waals surface area contributed by atoms with Crippen LogP contribution in [0.25, 0.3) is 0 Å². The van der Waals surface area contributed by atoms with E-state index in [-0.39, 0.29) is 5.60 Å². The van der Waals surface area contributed by atoms with Crippen LogP contribution in [-0.2, 0) is 4.74 Å². The first-order valence-corrected chi connectivity index (χ1v) is 4.73. The maximum Gasteiger partial charge on any atom is 0.0751 e. The summed E-state index contributed by atoms with van der Waals surface area (Å²) in [4.78, 5) is 0. The number of nitrogens with one attached hydrogen (secondary N) is 1. The summed E-state index contributed by atoms with van der Waals surface area (Å²) in [7, 11) is 0. The largest absolute Gasteiger partial charge is 0.371 e. The third-order valence-corrected chi connectivity index (χ3v) is 2.26. The molecular weight excluding hydrogens is 152 g/mol. The van der Waals surface area contributed by atoms with Gasteiger partial charge in [-0.15, -0.1) is 0 Å². The van der Waals surface area contributed by atoms with E-state index in [0.29, 0.717) is 12.6 Å². The standard InChI is InChI=1S/C9H20N2O/c1-9(2,7-10)12-8-3-5-11-6-4-8/h8,11H,3-7,10H2,1-2H3. The second kappa shape index (κ2) is 4.21. The van der Waals surface area contributed by atoms with Crippen LogP contribution in [0.1, 0.15) is 26.7 Å². The van der Waals surface area contributed by atoms with Gasteiger partial charge in [0.15, 0.2) is 0 Å². The van der Waals surface area contributed by atoms with E-state index in [1.807, 2.05) is 0 Å². The SMILES string of the molecule is CC(C)(CN)OC1CCNCC1. The molecule has 0 atom stereocenters. The van der Waals surface area contributed by atoms with E-state index >= 15 is 0 Å². The Morgan fingerprint density at radius 2 is 2.00 bits per heavy atom. The van der Waals surface area contributed by atoms with Crippen LogP contribution < -0.4 is 11.1 Å². The van der Waals surface area contributed by atoms with E-state index in [1.165, 1.54) is 0 Å². The van der Waals surface area contributed by atoms with Crippen molar-refractivity contribution in [3.63, 3.8) is 0 Å². The van der Waals surface area contributed by atoms with E-state index < -0.39 is 0 Å². The van der Waals surface area contributed by atoms with Crippen LogP contribution in [0.5, 0.6) is 0 Å². The first-order valence-electron chi connectivity index (χ1n) is 4.73. The first kappa shape index (κ1) is 9.96. The fraction of sp³-hybridized carbons (Fsp3) is 1.00. The highest BCUT2D eigenvalue weighted by Gasteiger charge is 2.23. The number of nitrogens with two attached hydrogens (primary N) is 1. The van der Waals surface area contributed by atoms with Gasteiger partial charge in [0.1, 0.15) is 0 Å². The van der Waals surface area contributed by atoms with Crippen molar-refractivity contribution in [2.45, 2.75) is 38.4 Å². The van der Waals surface area contributed by atoms with Crippen LogP contribution in [-0.4, -0.2) is 31.3 Å². The molecule has 12 heavy (non-hydrogen) atoms. The van der Waals surface area contributed by atoms with Crippen molar-refractivity contribution in [1.82, 2.24) is 5.32 Å². The molecule has 0 aromatic rings. The van der Waals surface area contributed by atoms with Gasteiger partial charge in [0.05, 0.1) is 11.7 Å². The summed E-state index contributed by atoms with van der Waals surface area (Å²) in [6.45, 7) is 6.84. The predicted octanol–water partition coefficient (Wildman–Crippen LogP) is 0.492. The molecule has 1 fully saturated rings. The minimum atomic E-state index is -0.151. The molecule has 0 unspecified atom stereocenters. The van der Waals surface area contributed by atoms with E-state index in [0.717, 1.165) is 25.9 Å². The van der Waals surface area contributed by atoms with Gasteiger partial charge in [-0.2, -0.15) is 0 Å². The van der Waals surface area contributed by atoms with Crippen LogP contribution in [0.4, 0.5) is 0 Å². The lowest BCUT2D eigenvalue weighted by molar-refractivity contribution is -0.0758. The Labute approximate surface area is 74.7 Å². The summed E-state index contributed by atoms with van der Waals surface area (Å²) < 4.78 is 5.86. The molecule has 0 aliphatic carbocycles. The van der Waals surface area contributed by atoms with Crippen LogP contribution in [0.3, 0.4) is 0 Å². The Bertz CT molecular complexity index is 130. The van der Waals surface area contributed by atoms with Gasteiger partial charge in [0, 0.05) is 6.54 Å². The van der Waals surface area contributed by atoms with Gasteiger partial charge < -0.3 is 15.8 Å². The lowest BCUT2D eigenvalue weighted by Gasteiger charge is -2.32. The number of piperidine rings is 1. The summed E-state index contributed by atoms with van der Waals surface area (Å²) >= 11 is 0. The topological polar surface area (TPSA) is 47.3 Å². The molecule has 0 bridgehead atoms. The van der Waals surface area contributed by atoms with E-state index in [2.05, 4.69) is 19.2 Å². The van der Waals surface area contributed by atoms with Crippen LogP contribution in [0, 0.1) is 0 Å². The van der Waals surface area contributed by atoms with E-state index in [9.17, 15) is 0 Å². The quantitative estimate of drug-likeness (QED) is 0.651. The first-order chi connectivity index (χ1) is 5.64. The van der Waals surface area contributed by atoms with Crippen molar-refractivity contribution < 1.29 is 4.74 Å². The van der Waals surface area contributed by atoms with Crippen LogP contribution in [0.15, 0.2) is 0 Å². The number of hydrogen-bond acceptors (Lipinski definition) is 3. The summed E-state index contributed by atoms with van der Waals surface area (Å²) in [6.07, 6.45) is 2.64. The molecule has 72 valence electrons. The molecule has 3 nitrogen and oxygen atoms in total. The molecule has 3 heteroatoms. The molecule has 3 N–H and O–H groups in total. The molecular formula is C9H20N2O. The van der Waals surface area contributed by atoms with Crippen molar-refractivity contribution in [1.29, 1.82) is 0 Å². The molecule has 1 aliphatic rings. The third-order valence-electron chi connectivity index (χ3n) is 2.26. The zero-order valence-electron chi connectivity index (χ0n) is 8.10. The highest BCUT2D eigenvalue weighted by molar-refractivity contribution is 4.75. The Balaban J connectivity index is 2.28. The zero-order chi connectivity index (χ0) is 9.03. The third kappa shape index (κ3) is 3.09. The highest BCUT2D eigenvalue weighted by atomic mass is 16.5. The van der Waals surface area contributed by atoms with E-state index in [4.69, 9.17) is 10.5 Å². The summed E-state index contributed by atoms with van der Waals surface area (Å²) in [6, 6.07) is 0. The average Bonchev–Trinajstić information content (AvgIpc) is 2.06. The lowest BCUT2D eigenvalue weighted by atomic mass is 10.1. The van der Waals surface area contributed by atoms with Gasteiger partial charge >= 0.3 is 0 Å². The lowest BCUT2D eigenvalue weighted by Crippen LogP contribution is -2.42. The Morgan fingerprint density at radius 3 is 2.50 bits per heavy atom. The Kier molecular flexibility index (Phi) is 3.50. The second-order valence-corrected chi connectivity index (χ2v) is 4.03. The monoisotopic (exact) mass is 172 g/mol. The normalized spacial score (nSPS) is 21.2. The van der Waals surface area contributed by atoms with Crippen LogP contribution in [0.2, 0.25) is 0 Å². The van der Waals surface area contributed by atoms with Crippen molar-refractivity contribution in [3.05, 3.63) is 0 Å². The van der Waals surface area contributed by atoms with Crippen LogP contribution >= 0.6 is 0 Å². The maximum atomic E-state index is 5.86. The molecule has 1 saturated heterocycles. The summed E-state index contributed by atoms with van der Waals surface area (Å²) in [5.41, 5.74) is 5.43. The van der Waals surface area contributed by atoms with Crippen molar-refractivity contribution >= 4 is 0 Å². The zero-order valence-corrected chi connectivity index (χ0v) is 8.10. The molecule has 0 aromatic carbocycles. The molecule has 0 saturated carbocycles. The Hall–Kier alpha value is -0.120. The van der Waals surface area contributed by atoms with Gasteiger partial charge in [0.2, 0.25) is 0 Å². The van der Waals surface area contributed by atoms with E-state index in [1.54, 1.807) is 0 Å². The second-order valence-electron chi connectivity index (χ2n) is 4.03. The smallest absolute Gasteiger partial charge is 0.0751 e. The number of ether oxygens (including phenoxy) is 1. The van der Waals surface area contributed by atoms with Gasteiger partial charge in [-0.1, -0.05) is 0 Å². The van der Waals surface area contributed by atoms with Crippen molar-refractivity contribution in [2.24, 2.45) is 5.73 Å². The summed E-state index contributed by atoms with van der Waals surface area (Å²) in [5, 5.41) is 3.31. The molecule has 1 heterocycles. The fourth-order valence-electron chi connectivity index (χ4n) is 1.41. The minimum absolute atomic E-state index is 0.151. The highest BCUT2D eigenvalue weighted by Crippen LogP contribution is 2.16. The minimum Gasteiger partial charge on any atom is -0.371 e. The molecule has 0 radical (unpaired) electrons. The van der Waals surface area contributed by atoms with Crippen molar-refractivity contribution in [2.75, 3.05) is 19.6 Å². The molecule has 1 rings (SSSR count). The maximum absolute atomic E-state index is 5.86. The molecule has 1 aliphatic heterocycles. The predicted molar refractivity (Wildman–Crippen MR) is 50.1 cm³/mol. The van der Waals surface area contributed by atoms with Gasteiger partial charge in [-0.25, -0.2) is 0 Å². The number of hydrogen-bond donors (Lipinski definition) is 2. The summed E-state index contributed by atoms with van der Waals surface area (Å²) in [5.74, 6) is 0. The molecule has 0 aromatic heterocycles. The fourth-order valence-corrected chi connectivity index (χ4v) is 1.41. The van der Waals surface area contributed by atoms with Crippen molar-refractivity contribution in [3.8, 4) is 0 Å². The average molecular weight is 172 g/mol. The Morgan fingerprint density at radius 1 is 1.42 bits per heavy atom. The molecule has 0 spiro atoms. The molecule has 0 amide bonds. The van der Waals surface area contributed by atoms with Gasteiger partial charge in [-0.05, 0) is 39.8 Å². The van der Waals surface area contributed by atoms with Gasteiger partial charge in [0.25, 0.3) is 0 Å². The number of rotatable bonds is 3. The van der Waals surface area contributed by atoms with Gasteiger partial charge in [-0.3, -0.25) is 0 Å².